The zero-order valence-electron chi connectivity index (χ0n) is 25.1. The minimum Gasteiger partial charge on any atom is -0.494 e. The Morgan fingerprint density at radius 3 is 2.36 bits per heavy atom. The van der Waals surface area contributed by atoms with Gasteiger partial charge in [-0.15, -0.1) is 0 Å². The van der Waals surface area contributed by atoms with Crippen molar-refractivity contribution < 1.29 is 17.9 Å². The Hall–Kier alpha value is -4.13. The fraction of sp³-hybridized carbons (Fsp3) is 0.312. The van der Waals surface area contributed by atoms with E-state index in [4.69, 9.17) is 21.7 Å². The Morgan fingerprint density at radius 2 is 1.70 bits per heavy atom. The second-order valence-electron chi connectivity index (χ2n) is 11.0. The van der Waals surface area contributed by atoms with Crippen molar-refractivity contribution in [1.82, 2.24) is 14.9 Å². The minimum atomic E-state index is -3.50. The molecule has 0 unspecified atom stereocenters. The van der Waals surface area contributed by atoms with Gasteiger partial charge in [0, 0.05) is 53.8 Å². The Bertz CT molecular complexity index is 1770. The van der Waals surface area contributed by atoms with Crippen LogP contribution >= 0.6 is 12.2 Å². The van der Waals surface area contributed by atoms with Crippen LogP contribution in [0.3, 0.4) is 0 Å². The first kappa shape index (κ1) is 29.9. The number of hydrogen-bond acceptors (Lipinski definition) is 7. The first-order valence-electron chi connectivity index (χ1n) is 14.4. The van der Waals surface area contributed by atoms with Crippen molar-refractivity contribution in [3.63, 3.8) is 0 Å². The number of sulfonamides is 1. The van der Waals surface area contributed by atoms with Crippen molar-refractivity contribution in [2.24, 2.45) is 0 Å². The predicted octanol–water partition coefficient (Wildman–Crippen LogP) is 4.88. The van der Waals surface area contributed by atoms with Crippen molar-refractivity contribution in [3.8, 4) is 11.4 Å². The molecule has 0 amide bonds. The van der Waals surface area contributed by atoms with Gasteiger partial charge in [-0.2, -0.15) is 0 Å². The fourth-order valence-electron chi connectivity index (χ4n) is 6.18. The molecule has 0 saturated carbocycles. The average molecular weight is 633 g/mol. The van der Waals surface area contributed by atoms with Crippen LogP contribution in [0.1, 0.15) is 34.7 Å². The van der Waals surface area contributed by atoms with Gasteiger partial charge in [0.25, 0.3) is 0 Å². The van der Waals surface area contributed by atoms with Crippen LogP contribution in [-0.4, -0.2) is 62.8 Å². The smallest absolute Gasteiger partial charge is 0.229 e. The summed E-state index contributed by atoms with van der Waals surface area (Å²) in [7, 11) is -1.98. The number of morpholine rings is 1. The molecule has 0 spiro atoms. The fourth-order valence-corrected chi connectivity index (χ4v) is 7.10. The second-order valence-corrected chi connectivity index (χ2v) is 13.2. The number of pyridine rings is 1. The molecule has 0 radical (unpaired) electrons. The van der Waals surface area contributed by atoms with Crippen LogP contribution < -0.4 is 24.6 Å². The Balaban J connectivity index is 1.42. The number of thiocarbonyl (C=S) groups is 1. The highest BCUT2D eigenvalue weighted by Crippen LogP contribution is 2.45. The molecule has 2 aliphatic heterocycles. The van der Waals surface area contributed by atoms with Gasteiger partial charge < -0.3 is 29.2 Å². The van der Waals surface area contributed by atoms with Gasteiger partial charge >= 0.3 is 0 Å². The van der Waals surface area contributed by atoms with E-state index in [1.54, 1.807) is 18.3 Å². The molecule has 230 valence electrons. The number of rotatable bonds is 8. The third-order valence-corrected chi connectivity index (χ3v) is 9.04. The average Bonchev–Trinajstić information content (AvgIpc) is 3.52. The summed E-state index contributed by atoms with van der Waals surface area (Å²) in [4.78, 5) is 9.10. The van der Waals surface area contributed by atoms with E-state index in [2.05, 4.69) is 73.6 Å². The molecule has 2 saturated heterocycles. The van der Waals surface area contributed by atoms with Crippen molar-refractivity contribution in [3.05, 3.63) is 95.6 Å². The molecule has 0 bridgehead atoms. The summed E-state index contributed by atoms with van der Waals surface area (Å²) >= 11 is 5.94. The lowest BCUT2D eigenvalue weighted by Crippen LogP contribution is -2.36. The maximum Gasteiger partial charge on any atom is 0.229 e. The number of aromatic nitrogens is 2. The van der Waals surface area contributed by atoms with Crippen LogP contribution in [-0.2, 0) is 14.8 Å². The quantitative estimate of drug-likeness (QED) is 0.263. The van der Waals surface area contributed by atoms with E-state index in [1.807, 2.05) is 24.3 Å². The summed E-state index contributed by atoms with van der Waals surface area (Å²) in [6.07, 6.45) is 2.90. The topological polar surface area (TPSA) is 101 Å². The molecule has 10 nitrogen and oxygen atoms in total. The molecule has 2 aromatic heterocycles. The van der Waals surface area contributed by atoms with Crippen molar-refractivity contribution >= 4 is 44.4 Å². The largest absolute Gasteiger partial charge is 0.494 e. The third-order valence-electron chi connectivity index (χ3n) is 8.13. The van der Waals surface area contributed by atoms with Gasteiger partial charge in [0.1, 0.15) is 5.75 Å². The summed E-state index contributed by atoms with van der Waals surface area (Å²) < 4.78 is 39.8. The Kier molecular flexibility index (Phi) is 8.23. The zero-order chi connectivity index (χ0) is 31.0. The SMILES string of the molecule is COc1cc(N2C(=S)N[C@H](c3ccccn3)[C@H]2c2cc(C)n(-c3ccc(N4CCOCC4)cc3)c2C)ccc1NS(C)(=O)=O. The van der Waals surface area contributed by atoms with E-state index in [1.165, 1.54) is 12.8 Å². The predicted molar refractivity (Wildman–Crippen MR) is 178 cm³/mol. The number of nitrogens with one attached hydrogen (secondary N) is 2. The number of methoxy groups -OCH3 is 1. The van der Waals surface area contributed by atoms with Crippen molar-refractivity contribution in [2.75, 3.05) is 54.2 Å². The number of nitrogens with zero attached hydrogens (tertiary/aromatic N) is 4. The van der Waals surface area contributed by atoms with Crippen LogP contribution in [0.4, 0.5) is 17.1 Å². The minimum absolute atomic E-state index is 0.235. The summed E-state index contributed by atoms with van der Waals surface area (Å²) in [6, 6.07) is 21.6. The van der Waals surface area contributed by atoms with Gasteiger partial charge in [-0.05, 0) is 86.2 Å². The lowest BCUT2D eigenvalue weighted by Gasteiger charge is -2.29. The lowest BCUT2D eigenvalue weighted by atomic mass is 9.96. The Morgan fingerprint density at radius 1 is 1.00 bits per heavy atom. The standard InChI is InChI=1S/C32H36N6O4S2/c1-21-19-26(22(2)37(21)24-10-8-23(9-11-24)36-15-17-42-18-16-36)31-30(28-7-5-6-14-33-28)34-32(43)38(31)25-12-13-27(29(20-25)41-3)35-44(4,39)40/h5-14,19-20,30-31,35H,15-18H2,1-4H3,(H,34,43)/t30-,31-/m1/s1. The molecule has 2 aliphatic rings. The van der Waals surface area contributed by atoms with Gasteiger partial charge in [-0.3, -0.25) is 9.71 Å². The van der Waals surface area contributed by atoms with Crippen LogP contribution in [0, 0.1) is 13.8 Å². The van der Waals surface area contributed by atoms with Gasteiger partial charge in [0.15, 0.2) is 5.11 Å². The molecule has 4 aromatic rings. The number of hydrogen-bond donors (Lipinski definition) is 2. The van der Waals surface area contributed by atoms with Gasteiger partial charge in [-0.25, -0.2) is 8.42 Å². The van der Waals surface area contributed by atoms with E-state index in [0.29, 0.717) is 16.5 Å². The van der Waals surface area contributed by atoms with Crippen LogP contribution in [0.25, 0.3) is 5.69 Å². The monoisotopic (exact) mass is 632 g/mol. The molecule has 6 rings (SSSR count). The summed E-state index contributed by atoms with van der Waals surface area (Å²) in [5, 5.41) is 4.05. The van der Waals surface area contributed by atoms with Gasteiger partial charge in [-0.1, -0.05) is 6.07 Å². The molecule has 2 aromatic carbocycles. The molecule has 2 N–H and O–H groups in total. The number of ether oxygens (including phenoxy) is 2. The molecule has 0 aliphatic carbocycles. The summed E-state index contributed by atoms with van der Waals surface area (Å²) in [6.45, 7) is 7.51. The molecule has 2 atom stereocenters. The maximum atomic E-state index is 12.0. The van der Waals surface area contributed by atoms with E-state index in [-0.39, 0.29) is 12.1 Å². The van der Waals surface area contributed by atoms with E-state index in [0.717, 1.165) is 66.6 Å². The number of benzene rings is 2. The highest BCUT2D eigenvalue weighted by atomic mass is 32.2. The van der Waals surface area contributed by atoms with Crippen LogP contribution in [0.5, 0.6) is 5.75 Å². The molecule has 44 heavy (non-hydrogen) atoms. The first-order chi connectivity index (χ1) is 21.1. The molecular weight excluding hydrogens is 597 g/mol. The molecule has 4 heterocycles. The van der Waals surface area contributed by atoms with Gasteiger partial charge in [0.05, 0.1) is 50.0 Å². The normalized spacial score (nSPS) is 18.8. The maximum absolute atomic E-state index is 12.0. The van der Waals surface area contributed by atoms with Crippen LogP contribution in [0.2, 0.25) is 0 Å². The van der Waals surface area contributed by atoms with Crippen molar-refractivity contribution in [1.29, 1.82) is 0 Å². The second kappa shape index (κ2) is 12.1. The third kappa shape index (κ3) is 5.84. The molecule has 12 heteroatoms. The van der Waals surface area contributed by atoms with Crippen LogP contribution in [0.15, 0.2) is 72.9 Å². The van der Waals surface area contributed by atoms with Crippen molar-refractivity contribution in [2.45, 2.75) is 25.9 Å². The lowest BCUT2D eigenvalue weighted by molar-refractivity contribution is 0.122. The van der Waals surface area contributed by atoms with E-state index in [9.17, 15) is 8.42 Å². The highest BCUT2D eigenvalue weighted by Gasteiger charge is 2.42. The Labute approximate surface area is 263 Å². The van der Waals surface area contributed by atoms with E-state index < -0.39 is 10.0 Å². The molecule has 2 fully saturated rings. The van der Waals surface area contributed by atoms with Gasteiger partial charge in [0.2, 0.25) is 10.0 Å². The highest BCUT2D eigenvalue weighted by molar-refractivity contribution is 7.92. The number of anilines is 3. The molecular formula is C32H36N6O4S2. The number of aryl methyl sites for hydroxylation is 1. The zero-order valence-corrected chi connectivity index (χ0v) is 26.8. The van der Waals surface area contributed by atoms with E-state index >= 15 is 0 Å². The first-order valence-corrected chi connectivity index (χ1v) is 16.7. The summed E-state index contributed by atoms with van der Waals surface area (Å²) in [5.41, 5.74) is 7.54. The summed E-state index contributed by atoms with van der Waals surface area (Å²) in [5.74, 6) is 0.390.